The van der Waals surface area contributed by atoms with Crippen LogP contribution in [0.4, 0.5) is 0 Å². The SMILES string of the molecule is CCC(=O)[O-].CCCCCCCCCCCCOC(=O)CC.[Na+]. The number of carbonyl (C=O) groups is 2. The third-order valence-electron chi connectivity index (χ3n) is 3.34. The van der Waals surface area contributed by atoms with Gasteiger partial charge in [0.2, 0.25) is 0 Å². The second kappa shape index (κ2) is 24.2. The maximum atomic E-state index is 10.8. The molecule has 0 aromatic rings. The van der Waals surface area contributed by atoms with Crippen LogP contribution in [0.5, 0.6) is 0 Å². The standard InChI is InChI=1S/C15H30O2.C3H6O2.Na/c1-3-5-6-7-8-9-10-11-12-13-14-17-15(16)4-2;1-2-3(4)5;/h3-14H2,1-2H3;2H2,1H3,(H,4,5);/q;;+1/p-1. The average molecular weight is 338 g/mol. The molecule has 0 amide bonds. The van der Waals surface area contributed by atoms with E-state index in [4.69, 9.17) is 4.74 Å². The molecule has 0 aromatic heterocycles. The molecule has 0 bridgehead atoms. The molecule has 0 unspecified atom stereocenters. The van der Waals surface area contributed by atoms with Crippen LogP contribution in [0, 0.1) is 0 Å². The van der Waals surface area contributed by atoms with Crippen molar-refractivity contribution in [2.24, 2.45) is 0 Å². The van der Waals surface area contributed by atoms with Crippen molar-refractivity contribution < 1.29 is 49.0 Å². The summed E-state index contributed by atoms with van der Waals surface area (Å²) in [7, 11) is 0. The minimum absolute atomic E-state index is 0. The van der Waals surface area contributed by atoms with Crippen LogP contribution >= 0.6 is 0 Å². The van der Waals surface area contributed by atoms with Crippen LogP contribution in [0.15, 0.2) is 0 Å². The summed E-state index contributed by atoms with van der Waals surface area (Å²) < 4.78 is 5.02. The summed E-state index contributed by atoms with van der Waals surface area (Å²) in [5.41, 5.74) is 0. The molecule has 0 saturated heterocycles. The maximum absolute atomic E-state index is 10.8. The Morgan fingerprint density at radius 1 is 0.739 bits per heavy atom. The van der Waals surface area contributed by atoms with Crippen LogP contribution in [0.3, 0.4) is 0 Å². The summed E-state index contributed by atoms with van der Waals surface area (Å²) in [6.45, 7) is 6.24. The van der Waals surface area contributed by atoms with Gasteiger partial charge in [0.25, 0.3) is 0 Å². The molecule has 0 spiro atoms. The molecule has 0 aliphatic carbocycles. The maximum Gasteiger partial charge on any atom is 1.00 e. The molecule has 0 saturated carbocycles. The van der Waals surface area contributed by atoms with Crippen molar-refractivity contribution in [1.82, 2.24) is 0 Å². The molecule has 23 heavy (non-hydrogen) atoms. The zero-order chi connectivity index (χ0) is 17.1. The van der Waals surface area contributed by atoms with E-state index < -0.39 is 5.97 Å². The Hall–Kier alpha value is -0.0600. The zero-order valence-electron chi connectivity index (χ0n) is 15.8. The molecule has 5 heteroatoms. The molecule has 0 fully saturated rings. The molecule has 0 heterocycles. The van der Waals surface area contributed by atoms with Crippen molar-refractivity contribution in [3.8, 4) is 0 Å². The fraction of sp³-hybridized carbons (Fsp3) is 0.889. The van der Waals surface area contributed by atoms with E-state index in [1.54, 1.807) is 0 Å². The molecule has 0 aliphatic rings. The Morgan fingerprint density at radius 2 is 1.13 bits per heavy atom. The molecule has 0 N–H and O–H groups in total. The van der Waals surface area contributed by atoms with Crippen LogP contribution in [0.1, 0.15) is 97.8 Å². The van der Waals surface area contributed by atoms with E-state index in [1.165, 1.54) is 64.7 Å². The Morgan fingerprint density at radius 3 is 1.48 bits per heavy atom. The summed E-state index contributed by atoms with van der Waals surface area (Å²) in [6, 6.07) is 0. The summed E-state index contributed by atoms with van der Waals surface area (Å²) in [5, 5.41) is 9.26. The second-order valence-corrected chi connectivity index (χ2v) is 5.48. The van der Waals surface area contributed by atoms with Crippen molar-refractivity contribution in [1.29, 1.82) is 0 Å². The topological polar surface area (TPSA) is 66.4 Å². The van der Waals surface area contributed by atoms with Gasteiger partial charge in [0.1, 0.15) is 0 Å². The molecule has 0 rings (SSSR count). The Labute approximate surface area is 165 Å². The molecule has 4 nitrogen and oxygen atoms in total. The third-order valence-corrected chi connectivity index (χ3v) is 3.34. The average Bonchev–Trinajstić information content (AvgIpc) is 2.52. The summed E-state index contributed by atoms with van der Waals surface area (Å²) >= 11 is 0. The Bertz CT molecular complexity index is 257. The van der Waals surface area contributed by atoms with Gasteiger partial charge in [-0.05, 0) is 12.8 Å². The second-order valence-electron chi connectivity index (χ2n) is 5.48. The summed E-state index contributed by atoms with van der Waals surface area (Å²) in [6.07, 6.45) is 13.8. The van der Waals surface area contributed by atoms with E-state index in [-0.39, 0.29) is 41.9 Å². The van der Waals surface area contributed by atoms with E-state index in [9.17, 15) is 14.7 Å². The minimum atomic E-state index is -0.995. The fourth-order valence-corrected chi connectivity index (χ4v) is 1.88. The van der Waals surface area contributed by atoms with Gasteiger partial charge >= 0.3 is 35.5 Å². The minimum Gasteiger partial charge on any atom is -0.550 e. The molecule has 0 aliphatic heterocycles. The number of carboxylic acids is 1. The van der Waals surface area contributed by atoms with Gasteiger partial charge in [-0.3, -0.25) is 4.79 Å². The van der Waals surface area contributed by atoms with Gasteiger partial charge in [-0.2, -0.15) is 0 Å². The number of carboxylic acid groups (broad SMARTS) is 1. The third kappa shape index (κ3) is 30.4. The van der Waals surface area contributed by atoms with Gasteiger partial charge in [0.05, 0.1) is 6.61 Å². The van der Waals surface area contributed by atoms with Gasteiger partial charge in [-0.25, -0.2) is 0 Å². The van der Waals surface area contributed by atoms with E-state index in [2.05, 4.69) is 6.92 Å². The first-order valence-corrected chi connectivity index (χ1v) is 8.93. The van der Waals surface area contributed by atoms with Crippen molar-refractivity contribution in [2.75, 3.05) is 6.61 Å². The van der Waals surface area contributed by atoms with Gasteiger partial charge in [0.15, 0.2) is 0 Å². The number of ether oxygens (including phenoxy) is 1. The smallest absolute Gasteiger partial charge is 0.550 e. The van der Waals surface area contributed by atoms with Gasteiger partial charge in [-0.15, -0.1) is 0 Å². The molecule has 132 valence electrons. The van der Waals surface area contributed by atoms with Crippen molar-refractivity contribution in [2.45, 2.75) is 97.8 Å². The first-order valence-electron chi connectivity index (χ1n) is 8.93. The van der Waals surface area contributed by atoms with E-state index in [0.717, 1.165) is 6.42 Å². The monoisotopic (exact) mass is 338 g/mol. The predicted molar refractivity (Wildman–Crippen MR) is 88.4 cm³/mol. The summed E-state index contributed by atoms with van der Waals surface area (Å²) in [5.74, 6) is -1.06. The number of carbonyl (C=O) groups excluding carboxylic acids is 2. The molecule has 0 aromatic carbocycles. The number of rotatable bonds is 13. The van der Waals surface area contributed by atoms with E-state index in [0.29, 0.717) is 13.0 Å². The van der Waals surface area contributed by atoms with Gasteiger partial charge in [0, 0.05) is 12.4 Å². The number of hydrogen-bond donors (Lipinski definition) is 0. The molecular formula is C18H35NaO4. The summed E-state index contributed by atoms with van der Waals surface area (Å²) in [4.78, 5) is 20.1. The first kappa shape index (κ1) is 27.8. The quantitative estimate of drug-likeness (QED) is 0.286. The normalized spacial score (nSPS) is 9.35. The number of unbranched alkanes of at least 4 members (excludes halogenated alkanes) is 9. The van der Waals surface area contributed by atoms with E-state index in [1.807, 2.05) is 6.92 Å². The Balaban J connectivity index is -0.000000578. The number of aliphatic carboxylic acids is 1. The molecule has 0 radical (unpaired) electrons. The van der Waals surface area contributed by atoms with Gasteiger partial charge < -0.3 is 14.6 Å². The Kier molecular flexibility index (Phi) is 29.2. The molecule has 0 atom stereocenters. The van der Waals surface area contributed by atoms with Crippen LogP contribution in [0.25, 0.3) is 0 Å². The largest absolute Gasteiger partial charge is 1.00 e. The fourth-order valence-electron chi connectivity index (χ4n) is 1.88. The van der Waals surface area contributed by atoms with Crippen molar-refractivity contribution in [3.63, 3.8) is 0 Å². The first-order chi connectivity index (χ1) is 10.6. The zero-order valence-corrected chi connectivity index (χ0v) is 17.8. The van der Waals surface area contributed by atoms with Crippen molar-refractivity contribution >= 4 is 11.9 Å². The molecular weight excluding hydrogens is 303 g/mol. The van der Waals surface area contributed by atoms with Crippen LogP contribution in [-0.4, -0.2) is 18.5 Å². The van der Waals surface area contributed by atoms with Crippen LogP contribution in [0.2, 0.25) is 0 Å². The van der Waals surface area contributed by atoms with E-state index >= 15 is 0 Å². The predicted octanol–water partition coefficient (Wildman–Crippen LogP) is 1.01. The van der Waals surface area contributed by atoms with Crippen molar-refractivity contribution in [3.05, 3.63) is 0 Å². The van der Waals surface area contributed by atoms with Crippen LogP contribution < -0.4 is 34.7 Å². The van der Waals surface area contributed by atoms with Gasteiger partial charge in [-0.1, -0.05) is 78.6 Å². The van der Waals surface area contributed by atoms with Crippen LogP contribution in [-0.2, 0) is 14.3 Å². The number of hydrogen-bond acceptors (Lipinski definition) is 4. The number of esters is 1.